The van der Waals surface area contributed by atoms with Crippen molar-refractivity contribution in [2.24, 2.45) is 0 Å². The normalized spacial score (nSPS) is 10.4. The van der Waals surface area contributed by atoms with Gasteiger partial charge >= 0.3 is 5.97 Å². The van der Waals surface area contributed by atoms with E-state index >= 15 is 0 Å². The number of nitrogens with two attached hydrogens (primary N) is 1. The van der Waals surface area contributed by atoms with E-state index in [-0.39, 0.29) is 6.61 Å². The van der Waals surface area contributed by atoms with E-state index in [1.807, 2.05) is 20.0 Å². The van der Waals surface area contributed by atoms with Gasteiger partial charge in [-0.05, 0) is 26.0 Å². The van der Waals surface area contributed by atoms with Crippen LogP contribution in [-0.4, -0.2) is 22.4 Å². The SMILES string of the molecule is CCOc1cc(N)cc(C(=O)OCc2cnn(CC)c2)c1. The van der Waals surface area contributed by atoms with Crippen molar-refractivity contribution in [1.82, 2.24) is 9.78 Å². The Morgan fingerprint density at radius 2 is 2.14 bits per heavy atom. The van der Waals surface area contributed by atoms with E-state index in [4.69, 9.17) is 15.2 Å². The van der Waals surface area contributed by atoms with Crippen LogP contribution in [0.3, 0.4) is 0 Å². The average Bonchev–Trinajstić information content (AvgIpc) is 2.92. The molecule has 0 radical (unpaired) electrons. The van der Waals surface area contributed by atoms with Gasteiger partial charge in [0.25, 0.3) is 0 Å². The van der Waals surface area contributed by atoms with Gasteiger partial charge in [-0.2, -0.15) is 5.10 Å². The standard InChI is InChI=1S/C15H19N3O3/c1-3-18-9-11(8-17-18)10-21-15(19)12-5-13(16)7-14(6-12)20-4-2/h5-9H,3-4,10,16H2,1-2H3. The van der Waals surface area contributed by atoms with Crippen molar-refractivity contribution in [3.8, 4) is 5.75 Å². The Morgan fingerprint density at radius 3 is 2.81 bits per heavy atom. The number of esters is 1. The van der Waals surface area contributed by atoms with Crippen molar-refractivity contribution < 1.29 is 14.3 Å². The zero-order chi connectivity index (χ0) is 15.2. The number of nitrogen functional groups attached to an aromatic ring is 1. The molecule has 112 valence electrons. The van der Waals surface area contributed by atoms with Crippen molar-refractivity contribution in [2.75, 3.05) is 12.3 Å². The van der Waals surface area contributed by atoms with Crippen molar-refractivity contribution in [2.45, 2.75) is 27.0 Å². The van der Waals surface area contributed by atoms with Crippen molar-refractivity contribution in [3.05, 3.63) is 41.7 Å². The fourth-order valence-electron chi connectivity index (χ4n) is 1.88. The maximum absolute atomic E-state index is 12.0. The van der Waals surface area contributed by atoms with Gasteiger partial charge in [0.15, 0.2) is 0 Å². The number of hydrogen-bond donors (Lipinski definition) is 1. The first-order valence-corrected chi connectivity index (χ1v) is 6.84. The van der Waals surface area contributed by atoms with E-state index in [1.165, 1.54) is 0 Å². The van der Waals surface area contributed by atoms with Crippen molar-refractivity contribution >= 4 is 11.7 Å². The second kappa shape index (κ2) is 6.78. The number of benzene rings is 1. The Balaban J connectivity index is 2.02. The Hall–Kier alpha value is -2.50. The summed E-state index contributed by atoms with van der Waals surface area (Å²) in [5.41, 5.74) is 7.44. The maximum atomic E-state index is 12.0. The van der Waals surface area contributed by atoms with Gasteiger partial charge in [-0.1, -0.05) is 0 Å². The molecule has 0 aliphatic heterocycles. The summed E-state index contributed by atoms with van der Waals surface area (Å²) >= 11 is 0. The molecular weight excluding hydrogens is 270 g/mol. The molecule has 0 aliphatic rings. The van der Waals surface area contributed by atoms with Crippen molar-refractivity contribution in [3.63, 3.8) is 0 Å². The lowest BCUT2D eigenvalue weighted by molar-refractivity contribution is 0.0472. The molecule has 2 N–H and O–H groups in total. The minimum atomic E-state index is -0.437. The van der Waals surface area contributed by atoms with Gasteiger partial charge in [0.1, 0.15) is 12.4 Å². The third kappa shape index (κ3) is 3.98. The number of ether oxygens (including phenoxy) is 2. The van der Waals surface area contributed by atoms with Gasteiger partial charge in [0, 0.05) is 30.1 Å². The fourth-order valence-corrected chi connectivity index (χ4v) is 1.88. The van der Waals surface area contributed by atoms with Crippen LogP contribution in [0.15, 0.2) is 30.6 Å². The topological polar surface area (TPSA) is 79.4 Å². The lowest BCUT2D eigenvalue weighted by Crippen LogP contribution is -2.06. The van der Waals surface area contributed by atoms with Crippen molar-refractivity contribution in [1.29, 1.82) is 0 Å². The summed E-state index contributed by atoms with van der Waals surface area (Å²) in [6, 6.07) is 4.86. The molecule has 1 aromatic carbocycles. The zero-order valence-electron chi connectivity index (χ0n) is 12.2. The quantitative estimate of drug-likeness (QED) is 0.651. The minimum absolute atomic E-state index is 0.178. The summed E-state index contributed by atoms with van der Waals surface area (Å²) in [6.45, 7) is 5.32. The van der Waals surface area contributed by atoms with E-state index in [9.17, 15) is 4.79 Å². The highest BCUT2D eigenvalue weighted by atomic mass is 16.5. The Kier molecular flexibility index (Phi) is 4.81. The molecule has 21 heavy (non-hydrogen) atoms. The van der Waals surface area contributed by atoms with E-state index in [0.717, 1.165) is 12.1 Å². The lowest BCUT2D eigenvalue weighted by Gasteiger charge is -2.08. The van der Waals surface area contributed by atoms with Crippen LogP contribution in [0.1, 0.15) is 29.8 Å². The third-order valence-electron chi connectivity index (χ3n) is 2.86. The monoisotopic (exact) mass is 289 g/mol. The van der Waals surface area contributed by atoms with Crippen LogP contribution in [0, 0.1) is 0 Å². The zero-order valence-corrected chi connectivity index (χ0v) is 12.2. The second-order valence-electron chi connectivity index (χ2n) is 4.50. The highest BCUT2D eigenvalue weighted by Gasteiger charge is 2.11. The van der Waals surface area contributed by atoms with Gasteiger partial charge < -0.3 is 15.2 Å². The van der Waals surface area contributed by atoms with Crippen LogP contribution in [0.4, 0.5) is 5.69 Å². The molecule has 0 fully saturated rings. The molecule has 6 nitrogen and oxygen atoms in total. The maximum Gasteiger partial charge on any atom is 0.338 e. The van der Waals surface area contributed by atoms with Gasteiger partial charge in [-0.15, -0.1) is 0 Å². The van der Waals surface area contributed by atoms with Crippen LogP contribution >= 0.6 is 0 Å². The predicted molar refractivity (Wildman–Crippen MR) is 79.0 cm³/mol. The number of hydrogen-bond acceptors (Lipinski definition) is 5. The highest BCUT2D eigenvalue weighted by Crippen LogP contribution is 2.20. The van der Waals surface area contributed by atoms with Crippen LogP contribution in [0.25, 0.3) is 0 Å². The summed E-state index contributed by atoms with van der Waals surface area (Å²) in [7, 11) is 0. The van der Waals surface area contributed by atoms with E-state index in [2.05, 4.69) is 5.10 Å². The van der Waals surface area contributed by atoms with E-state index in [1.54, 1.807) is 29.1 Å². The third-order valence-corrected chi connectivity index (χ3v) is 2.86. The first kappa shape index (κ1) is 14.9. The molecular formula is C15H19N3O3. The molecule has 6 heteroatoms. The molecule has 0 saturated heterocycles. The first-order chi connectivity index (χ1) is 10.1. The Morgan fingerprint density at radius 1 is 1.33 bits per heavy atom. The second-order valence-corrected chi connectivity index (χ2v) is 4.50. The summed E-state index contributed by atoms with van der Waals surface area (Å²) in [4.78, 5) is 12.0. The number of rotatable bonds is 6. The lowest BCUT2D eigenvalue weighted by atomic mass is 10.2. The first-order valence-electron chi connectivity index (χ1n) is 6.84. The van der Waals surface area contributed by atoms with Gasteiger partial charge in [0.2, 0.25) is 0 Å². The molecule has 0 unspecified atom stereocenters. The smallest absolute Gasteiger partial charge is 0.338 e. The van der Waals surface area contributed by atoms with E-state index < -0.39 is 5.97 Å². The predicted octanol–water partition coefficient (Wildman–Crippen LogP) is 2.24. The Bertz CT molecular complexity index is 622. The minimum Gasteiger partial charge on any atom is -0.494 e. The van der Waals surface area contributed by atoms with Crippen LogP contribution in [-0.2, 0) is 17.9 Å². The highest BCUT2D eigenvalue weighted by molar-refractivity contribution is 5.91. The molecule has 0 saturated carbocycles. The van der Waals surface area contributed by atoms with Gasteiger partial charge in [-0.25, -0.2) is 4.79 Å². The molecule has 1 aromatic heterocycles. The summed E-state index contributed by atoms with van der Waals surface area (Å²) < 4.78 is 12.4. The fraction of sp³-hybridized carbons (Fsp3) is 0.333. The summed E-state index contributed by atoms with van der Waals surface area (Å²) in [5, 5.41) is 4.12. The number of aryl methyl sites for hydroxylation is 1. The summed E-state index contributed by atoms with van der Waals surface area (Å²) in [6.07, 6.45) is 3.53. The molecule has 0 spiro atoms. The van der Waals surface area contributed by atoms with Crippen LogP contribution < -0.4 is 10.5 Å². The number of carbonyl (C=O) groups excluding carboxylic acids is 1. The van der Waals surface area contributed by atoms with Gasteiger partial charge in [-0.3, -0.25) is 4.68 Å². The van der Waals surface area contributed by atoms with Crippen LogP contribution in [0.2, 0.25) is 0 Å². The molecule has 2 rings (SSSR count). The molecule has 1 heterocycles. The number of nitrogens with zero attached hydrogens (tertiary/aromatic N) is 2. The molecule has 2 aromatic rings. The van der Waals surface area contributed by atoms with Crippen LogP contribution in [0.5, 0.6) is 5.75 Å². The average molecular weight is 289 g/mol. The van der Waals surface area contributed by atoms with Gasteiger partial charge in [0.05, 0.1) is 18.4 Å². The molecule has 0 aliphatic carbocycles. The summed E-state index contributed by atoms with van der Waals surface area (Å²) in [5.74, 6) is 0.121. The molecule has 0 amide bonds. The molecule has 0 atom stereocenters. The van der Waals surface area contributed by atoms with E-state index in [0.29, 0.717) is 23.6 Å². The number of aromatic nitrogens is 2. The Labute approximate surface area is 123 Å². The number of anilines is 1. The number of carbonyl (C=O) groups is 1. The molecule has 0 bridgehead atoms. The largest absolute Gasteiger partial charge is 0.494 e.